The summed E-state index contributed by atoms with van der Waals surface area (Å²) in [6, 6.07) is 20.9. The van der Waals surface area contributed by atoms with Gasteiger partial charge in [-0.25, -0.2) is 0 Å². The van der Waals surface area contributed by atoms with Crippen LogP contribution in [0, 0.1) is 5.92 Å². The number of benzene rings is 3. The van der Waals surface area contributed by atoms with Crippen molar-refractivity contribution in [1.82, 2.24) is 4.90 Å². The summed E-state index contributed by atoms with van der Waals surface area (Å²) in [5.41, 5.74) is -1.77. The Bertz CT molecular complexity index is 1520. The van der Waals surface area contributed by atoms with Gasteiger partial charge in [-0.3, -0.25) is 14.5 Å². The number of carbonyl (C=O) groups excluding carboxylic acids is 2. The van der Waals surface area contributed by atoms with E-state index in [0.29, 0.717) is 45.3 Å². The van der Waals surface area contributed by atoms with Crippen LogP contribution in [0.4, 0.5) is 32.0 Å². The fourth-order valence-electron chi connectivity index (χ4n) is 8.09. The Morgan fingerprint density at radius 1 is 0.696 bits per heavy atom. The molecule has 244 valence electrons. The average Bonchev–Trinajstić information content (AvgIpc) is 3.05. The van der Waals surface area contributed by atoms with Gasteiger partial charge in [0.25, 0.3) is 0 Å². The van der Waals surface area contributed by atoms with Crippen LogP contribution in [0.3, 0.4) is 0 Å². The molecule has 1 saturated heterocycles. The fourth-order valence-corrected chi connectivity index (χ4v) is 8.09. The fraction of sp³-hybridized carbons (Fsp3) is 0.444. The van der Waals surface area contributed by atoms with Crippen LogP contribution in [0.25, 0.3) is 0 Å². The molecule has 3 fully saturated rings. The van der Waals surface area contributed by atoms with E-state index in [9.17, 15) is 35.9 Å². The Morgan fingerprint density at radius 2 is 1.28 bits per heavy atom. The lowest BCUT2D eigenvalue weighted by molar-refractivity contribution is -0.143. The van der Waals surface area contributed by atoms with Crippen LogP contribution in [0.1, 0.15) is 73.1 Å². The number of piperazine rings is 1. The second-order valence-corrected chi connectivity index (χ2v) is 12.9. The minimum absolute atomic E-state index is 0.0296. The van der Waals surface area contributed by atoms with Crippen LogP contribution < -0.4 is 4.90 Å². The highest BCUT2D eigenvalue weighted by atomic mass is 19.4. The molecule has 2 aliphatic carbocycles. The maximum absolute atomic E-state index is 14.3. The number of hydrogen-bond acceptors (Lipinski definition) is 3. The molecule has 0 N–H and O–H groups in total. The molecule has 2 saturated carbocycles. The first-order valence-corrected chi connectivity index (χ1v) is 15.8. The van der Waals surface area contributed by atoms with Gasteiger partial charge in [0.2, 0.25) is 5.91 Å². The van der Waals surface area contributed by atoms with Crippen molar-refractivity contribution in [3.8, 4) is 0 Å². The van der Waals surface area contributed by atoms with Crippen molar-refractivity contribution in [3.05, 3.63) is 101 Å². The van der Waals surface area contributed by atoms with Crippen molar-refractivity contribution in [2.24, 2.45) is 5.92 Å². The number of para-hydroxylation sites is 1. The summed E-state index contributed by atoms with van der Waals surface area (Å²) in [7, 11) is 0. The first-order chi connectivity index (χ1) is 21.9. The number of alkyl halides is 6. The van der Waals surface area contributed by atoms with Gasteiger partial charge in [-0.05, 0) is 80.0 Å². The summed E-state index contributed by atoms with van der Waals surface area (Å²) in [6.45, 7) is 1.58. The molecule has 0 radical (unpaired) electrons. The lowest BCUT2D eigenvalue weighted by Gasteiger charge is -2.50. The second kappa shape index (κ2) is 12.5. The Labute approximate surface area is 264 Å². The predicted molar refractivity (Wildman–Crippen MR) is 162 cm³/mol. The number of hydrogen-bond donors (Lipinski definition) is 0. The van der Waals surface area contributed by atoms with Gasteiger partial charge < -0.3 is 4.90 Å². The van der Waals surface area contributed by atoms with E-state index in [0.717, 1.165) is 36.2 Å². The van der Waals surface area contributed by atoms with Gasteiger partial charge in [0.05, 0.1) is 17.7 Å². The average molecular weight is 643 g/mol. The number of halogens is 6. The van der Waals surface area contributed by atoms with Crippen LogP contribution in [-0.2, 0) is 27.4 Å². The topological polar surface area (TPSA) is 40.6 Å². The van der Waals surface area contributed by atoms with E-state index in [1.807, 2.05) is 60.7 Å². The summed E-state index contributed by atoms with van der Waals surface area (Å²) in [6.07, 6.45) is -6.00. The third-order valence-electron chi connectivity index (χ3n) is 10.4. The van der Waals surface area contributed by atoms with Crippen molar-refractivity contribution >= 4 is 17.4 Å². The highest BCUT2D eigenvalue weighted by molar-refractivity contribution is 5.95. The maximum atomic E-state index is 14.3. The number of amides is 1. The molecule has 2 atom stereocenters. The Balaban J connectivity index is 1.25. The molecule has 2 unspecified atom stereocenters. The molecule has 1 aliphatic heterocycles. The molecule has 1 heterocycles. The number of carbonyl (C=O) groups is 2. The largest absolute Gasteiger partial charge is 0.416 e. The summed E-state index contributed by atoms with van der Waals surface area (Å²) in [5.74, 6) is -1.85. The summed E-state index contributed by atoms with van der Waals surface area (Å²) >= 11 is 0. The van der Waals surface area contributed by atoms with Crippen molar-refractivity contribution in [1.29, 1.82) is 0 Å². The standard InChI is InChI=1S/C36H36F6N2O2/c37-35(38,39)26-20-24(21-27(22-26)36(40,41)42)30-12-7-13-31(33(30)46)34(25-8-3-1-4-9-25)16-14-28(15-17-34)43-18-19-44(32(45)23-43)29-10-5-2-6-11-29/h1-6,8-11,20-22,28,30-31H,7,12-19,23H2. The zero-order chi connectivity index (χ0) is 32.7. The molecule has 6 rings (SSSR count). The quantitative estimate of drug-likeness (QED) is 0.263. The minimum atomic E-state index is -4.98. The third kappa shape index (κ3) is 6.33. The molecular weight excluding hydrogens is 606 g/mol. The van der Waals surface area contributed by atoms with Gasteiger partial charge >= 0.3 is 12.4 Å². The molecule has 10 heteroatoms. The Kier molecular flexibility index (Phi) is 8.78. The SMILES string of the molecule is O=C1C(c2cc(C(F)(F)F)cc(C(F)(F)F)c2)CCCC1C1(c2ccccc2)CCC(N2CCN(c3ccccc3)C(=O)C2)CC1. The van der Waals surface area contributed by atoms with Crippen molar-refractivity contribution in [2.75, 3.05) is 24.5 Å². The first kappa shape index (κ1) is 32.3. The van der Waals surface area contributed by atoms with E-state index >= 15 is 0 Å². The van der Waals surface area contributed by atoms with Crippen LogP contribution in [-0.4, -0.2) is 42.3 Å². The van der Waals surface area contributed by atoms with E-state index < -0.39 is 40.7 Å². The smallest absolute Gasteiger partial charge is 0.310 e. The number of anilines is 1. The molecule has 46 heavy (non-hydrogen) atoms. The van der Waals surface area contributed by atoms with Crippen LogP contribution in [0.2, 0.25) is 0 Å². The molecule has 3 aliphatic rings. The van der Waals surface area contributed by atoms with E-state index in [2.05, 4.69) is 4.90 Å². The van der Waals surface area contributed by atoms with Gasteiger partial charge in [0.1, 0.15) is 5.78 Å². The van der Waals surface area contributed by atoms with E-state index in [1.165, 1.54) is 0 Å². The molecule has 3 aromatic carbocycles. The highest BCUT2D eigenvalue weighted by Crippen LogP contribution is 2.52. The Morgan fingerprint density at radius 3 is 1.85 bits per heavy atom. The van der Waals surface area contributed by atoms with Crippen molar-refractivity contribution in [3.63, 3.8) is 0 Å². The van der Waals surface area contributed by atoms with Gasteiger partial charge in [-0.1, -0.05) is 55.0 Å². The van der Waals surface area contributed by atoms with Gasteiger partial charge in [0.15, 0.2) is 0 Å². The van der Waals surface area contributed by atoms with E-state index in [4.69, 9.17) is 0 Å². The zero-order valence-corrected chi connectivity index (χ0v) is 25.3. The number of ketones is 1. The molecule has 0 spiro atoms. The summed E-state index contributed by atoms with van der Waals surface area (Å²) < 4.78 is 82.2. The maximum Gasteiger partial charge on any atom is 0.416 e. The van der Waals surface area contributed by atoms with Crippen molar-refractivity contribution in [2.45, 2.75) is 74.7 Å². The normalized spacial score (nSPS) is 26.7. The highest BCUT2D eigenvalue weighted by Gasteiger charge is 2.50. The van der Waals surface area contributed by atoms with Gasteiger partial charge in [0, 0.05) is 42.1 Å². The molecule has 4 nitrogen and oxygen atoms in total. The number of rotatable bonds is 5. The lowest BCUT2D eigenvalue weighted by atomic mass is 9.56. The molecule has 3 aromatic rings. The minimum Gasteiger partial charge on any atom is -0.310 e. The van der Waals surface area contributed by atoms with Crippen molar-refractivity contribution < 1.29 is 35.9 Å². The molecule has 1 amide bonds. The van der Waals surface area contributed by atoms with Gasteiger partial charge in [-0.15, -0.1) is 0 Å². The zero-order valence-electron chi connectivity index (χ0n) is 25.3. The number of Topliss-reactive ketones (excluding diaryl/α,β-unsaturated/α-hetero) is 1. The summed E-state index contributed by atoms with van der Waals surface area (Å²) in [5, 5.41) is 0. The second-order valence-electron chi connectivity index (χ2n) is 12.9. The van der Waals surface area contributed by atoms with E-state index in [1.54, 1.807) is 4.90 Å². The van der Waals surface area contributed by atoms with Gasteiger partial charge in [-0.2, -0.15) is 26.3 Å². The van der Waals surface area contributed by atoms with Crippen LogP contribution >= 0.6 is 0 Å². The molecule has 0 bridgehead atoms. The molecule has 0 aromatic heterocycles. The van der Waals surface area contributed by atoms with Crippen LogP contribution in [0.5, 0.6) is 0 Å². The Hall–Kier alpha value is -3.66. The molecular formula is C36H36F6N2O2. The predicted octanol–water partition coefficient (Wildman–Crippen LogP) is 8.41. The van der Waals surface area contributed by atoms with E-state index in [-0.39, 0.29) is 35.8 Å². The lowest BCUT2D eigenvalue weighted by Crippen LogP contribution is -2.56. The number of nitrogens with zero attached hydrogens (tertiary/aromatic N) is 2. The van der Waals surface area contributed by atoms with Crippen LogP contribution in [0.15, 0.2) is 78.9 Å². The third-order valence-corrected chi connectivity index (χ3v) is 10.4. The monoisotopic (exact) mass is 642 g/mol. The summed E-state index contributed by atoms with van der Waals surface area (Å²) in [4.78, 5) is 31.4. The first-order valence-electron chi connectivity index (χ1n) is 15.8.